The van der Waals surface area contributed by atoms with Crippen molar-refractivity contribution in [3.63, 3.8) is 0 Å². The second kappa shape index (κ2) is 5.32. The van der Waals surface area contributed by atoms with E-state index in [0.29, 0.717) is 5.56 Å². The Morgan fingerprint density at radius 1 is 1.38 bits per heavy atom. The van der Waals surface area contributed by atoms with Gasteiger partial charge in [0.25, 0.3) is 5.91 Å². The van der Waals surface area contributed by atoms with Crippen molar-refractivity contribution in [2.75, 3.05) is 12.4 Å². The Balaban J connectivity index is 3.00. The molecule has 4 heteroatoms. The first kappa shape index (κ1) is 13.7. The third-order valence-electron chi connectivity index (χ3n) is 2.64. The minimum Gasteiger partial charge on any atom is -0.336 e. The van der Waals surface area contributed by atoms with E-state index >= 15 is 0 Å². The Bertz CT molecular complexity index is 390. The van der Waals surface area contributed by atoms with Crippen LogP contribution in [0.25, 0.3) is 0 Å². The Morgan fingerprint density at radius 2 is 1.94 bits per heavy atom. The summed E-state index contributed by atoms with van der Waals surface area (Å²) in [5, 5.41) is 0.743. The molecule has 0 N–H and O–H groups in total. The average molecular weight is 349 g/mol. The molecule has 0 saturated carbocycles. The van der Waals surface area contributed by atoms with Gasteiger partial charge in [-0.15, -0.1) is 0 Å². The predicted molar refractivity (Wildman–Crippen MR) is 74.1 cm³/mol. The fourth-order valence-electron chi connectivity index (χ4n) is 1.18. The van der Waals surface area contributed by atoms with Crippen LogP contribution in [0.5, 0.6) is 0 Å². The van der Waals surface area contributed by atoms with Gasteiger partial charge in [-0.25, -0.2) is 0 Å². The molecule has 0 aliphatic heterocycles. The lowest BCUT2D eigenvalue weighted by Crippen LogP contribution is -2.46. The fraction of sp³-hybridized carbons (Fsp3) is 0.417. The maximum atomic E-state index is 12.2. The molecule has 1 aromatic carbocycles. The third kappa shape index (κ3) is 2.86. The number of hydrogen-bond donors (Lipinski definition) is 0. The van der Waals surface area contributed by atoms with E-state index in [1.807, 2.05) is 45.2 Å². The number of carbonyl (C=O) groups excluding carboxylic acids is 1. The van der Waals surface area contributed by atoms with Crippen molar-refractivity contribution in [3.05, 3.63) is 34.3 Å². The lowest BCUT2D eigenvalue weighted by molar-refractivity contribution is 0.0662. The van der Waals surface area contributed by atoms with E-state index in [0.717, 1.165) is 9.80 Å². The summed E-state index contributed by atoms with van der Waals surface area (Å²) in [6.07, 6.45) is 0. The first-order valence-electron chi connectivity index (χ1n) is 4.99. The molecule has 0 aliphatic carbocycles. The molecule has 0 aliphatic rings. The molecule has 0 spiro atoms. The molecule has 1 amide bonds. The van der Waals surface area contributed by atoms with E-state index in [9.17, 15) is 4.79 Å². The van der Waals surface area contributed by atoms with Crippen molar-refractivity contribution in [1.29, 1.82) is 0 Å². The summed E-state index contributed by atoms with van der Waals surface area (Å²) in [7, 11) is 1.82. The second-order valence-corrected chi connectivity index (χ2v) is 5.71. The maximum absolute atomic E-state index is 12.2. The Labute approximate surface area is 113 Å². The lowest BCUT2D eigenvalue weighted by atomic mass is 10.1. The predicted octanol–water partition coefficient (Wildman–Crippen LogP) is 3.69. The summed E-state index contributed by atoms with van der Waals surface area (Å²) in [4.78, 5) is 14.0. The maximum Gasteiger partial charge on any atom is 0.255 e. The number of hydrogen-bond acceptors (Lipinski definition) is 1. The van der Waals surface area contributed by atoms with Gasteiger partial charge < -0.3 is 4.90 Å². The van der Waals surface area contributed by atoms with Gasteiger partial charge >= 0.3 is 0 Å². The van der Waals surface area contributed by atoms with Crippen LogP contribution in [0.1, 0.15) is 24.2 Å². The number of rotatable bonds is 3. The highest BCUT2D eigenvalue weighted by atomic mass is 79.9. The van der Waals surface area contributed by atoms with Crippen molar-refractivity contribution in [2.24, 2.45) is 0 Å². The highest BCUT2D eigenvalue weighted by Gasteiger charge is 2.27. The number of benzene rings is 1. The quantitative estimate of drug-likeness (QED) is 0.763. The van der Waals surface area contributed by atoms with Gasteiger partial charge in [0.2, 0.25) is 0 Å². The van der Waals surface area contributed by atoms with Crippen molar-refractivity contribution < 1.29 is 4.79 Å². The van der Waals surface area contributed by atoms with Gasteiger partial charge in [0, 0.05) is 22.4 Å². The van der Waals surface area contributed by atoms with Crippen LogP contribution >= 0.6 is 31.9 Å². The van der Waals surface area contributed by atoms with Crippen LogP contribution in [0.4, 0.5) is 0 Å². The molecular weight excluding hydrogens is 334 g/mol. The Kier molecular flexibility index (Phi) is 4.56. The van der Waals surface area contributed by atoms with Crippen LogP contribution in [0.15, 0.2) is 28.7 Å². The first-order valence-corrected chi connectivity index (χ1v) is 6.90. The monoisotopic (exact) mass is 347 g/mol. The van der Waals surface area contributed by atoms with Crippen LogP contribution in [-0.4, -0.2) is 28.7 Å². The van der Waals surface area contributed by atoms with Crippen LogP contribution in [-0.2, 0) is 0 Å². The Morgan fingerprint density at radius 3 is 2.44 bits per heavy atom. The average Bonchev–Trinajstić information content (AvgIpc) is 2.27. The molecule has 0 radical (unpaired) electrons. The van der Waals surface area contributed by atoms with Crippen molar-refractivity contribution >= 4 is 37.8 Å². The van der Waals surface area contributed by atoms with Gasteiger partial charge in [0.05, 0.1) is 5.56 Å². The van der Waals surface area contributed by atoms with Gasteiger partial charge in [0.1, 0.15) is 0 Å². The molecule has 0 bridgehead atoms. The molecule has 0 unspecified atom stereocenters. The van der Waals surface area contributed by atoms with E-state index < -0.39 is 0 Å². The van der Waals surface area contributed by atoms with Crippen molar-refractivity contribution in [2.45, 2.75) is 19.4 Å². The molecule has 0 saturated heterocycles. The number of carbonyl (C=O) groups is 1. The number of halogens is 2. The van der Waals surface area contributed by atoms with Gasteiger partial charge in [0.15, 0.2) is 0 Å². The Hall–Kier alpha value is -0.350. The van der Waals surface area contributed by atoms with Crippen LogP contribution < -0.4 is 0 Å². The molecule has 0 aromatic heterocycles. The summed E-state index contributed by atoms with van der Waals surface area (Å²) in [6, 6.07) is 7.47. The molecule has 0 atom stereocenters. The van der Waals surface area contributed by atoms with Crippen molar-refractivity contribution in [3.8, 4) is 0 Å². The van der Waals surface area contributed by atoms with E-state index in [1.54, 1.807) is 4.90 Å². The lowest BCUT2D eigenvalue weighted by Gasteiger charge is -2.34. The summed E-state index contributed by atoms with van der Waals surface area (Å²) in [5.41, 5.74) is 0.492. The molecule has 1 aromatic rings. The second-order valence-electron chi connectivity index (χ2n) is 4.29. The van der Waals surface area contributed by atoms with Gasteiger partial charge in [-0.1, -0.05) is 28.1 Å². The topological polar surface area (TPSA) is 20.3 Å². The zero-order chi connectivity index (χ0) is 12.3. The van der Waals surface area contributed by atoms with Gasteiger partial charge in [-0.3, -0.25) is 4.79 Å². The van der Waals surface area contributed by atoms with E-state index in [4.69, 9.17) is 0 Å². The van der Waals surface area contributed by atoms with Crippen LogP contribution in [0.3, 0.4) is 0 Å². The summed E-state index contributed by atoms with van der Waals surface area (Å²) < 4.78 is 0.831. The summed E-state index contributed by atoms with van der Waals surface area (Å²) >= 11 is 6.82. The highest BCUT2D eigenvalue weighted by molar-refractivity contribution is 9.10. The zero-order valence-electron chi connectivity index (χ0n) is 9.63. The zero-order valence-corrected chi connectivity index (χ0v) is 12.8. The number of nitrogens with zero attached hydrogens (tertiary/aromatic N) is 1. The van der Waals surface area contributed by atoms with E-state index in [1.165, 1.54) is 0 Å². The highest BCUT2D eigenvalue weighted by Crippen LogP contribution is 2.22. The van der Waals surface area contributed by atoms with E-state index in [2.05, 4.69) is 31.9 Å². The third-order valence-corrected chi connectivity index (χ3v) is 4.71. The SMILES string of the molecule is CN(C(=O)c1ccccc1Br)C(C)(C)CBr. The minimum absolute atomic E-state index is 0.0249. The molecule has 0 fully saturated rings. The first-order chi connectivity index (χ1) is 7.40. The molecular formula is C12H15Br2NO. The summed E-state index contributed by atoms with van der Waals surface area (Å²) in [5.74, 6) is 0.0249. The van der Waals surface area contributed by atoms with Gasteiger partial charge in [-0.05, 0) is 41.9 Å². The minimum atomic E-state index is -0.202. The number of alkyl halides is 1. The van der Waals surface area contributed by atoms with Crippen molar-refractivity contribution in [1.82, 2.24) is 4.90 Å². The van der Waals surface area contributed by atoms with Crippen LogP contribution in [0.2, 0.25) is 0 Å². The largest absolute Gasteiger partial charge is 0.336 e. The summed E-state index contributed by atoms with van der Waals surface area (Å²) in [6.45, 7) is 4.05. The number of amides is 1. The molecule has 16 heavy (non-hydrogen) atoms. The fourth-order valence-corrected chi connectivity index (χ4v) is 2.01. The van der Waals surface area contributed by atoms with Crippen LogP contribution in [0, 0.1) is 0 Å². The molecule has 0 heterocycles. The molecule has 2 nitrogen and oxygen atoms in total. The standard InChI is InChI=1S/C12H15Br2NO/c1-12(2,8-13)15(3)11(16)9-6-4-5-7-10(9)14/h4-7H,8H2,1-3H3. The normalized spacial score (nSPS) is 11.3. The smallest absolute Gasteiger partial charge is 0.255 e. The van der Waals surface area contributed by atoms with E-state index in [-0.39, 0.29) is 11.4 Å². The molecule has 88 valence electrons. The van der Waals surface area contributed by atoms with Gasteiger partial charge in [-0.2, -0.15) is 0 Å². The molecule has 1 rings (SSSR count).